The van der Waals surface area contributed by atoms with Crippen LogP contribution in [0.3, 0.4) is 0 Å². The predicted octanol–water partition coefficient (Wildman–Crippen LogP) is 4.60. The standard InChI is InChI=1S/C21H17BrN6O2S/c1-27-19-12(10-28(21(27)30)16-5-3-2-4-14(16)22)9-23-20(26-19)24-13-6-7-15-17(8-13)31-11-18(29)25-15/h2-9H,10-11H2,1H3,(H,25,29)(H,23,24,26). The van der Waals surface area contributed by atoms with Crippen LogP contribution in [0.1, 0.15) is 5.56 Å². The SMILES string of the molecule is CN1C(=O)N(c2ccccc2Br)Cc2cnc(Nc3ccc4c(c3)SCC(=O)N4)nc21. The Bertz CT molecular complexity index is 1220. The van der Waals surface area contributed by atoms with Gasteiger partial charge in [-0.25, -0.2) is 9.78 Å². The van der Waals surface area contributed by atoms with E-state index in [1.807, 2.05) is 42.5 Å². The first-order valence-electron chi connectivity index (χ1n) is 9.49. The average Bonchev–Trinajstić information content (AvgIpc) is 2.77. The Morgan fingerprint density at radius 3 is 2.87 bits per heavy atom. The molecule has 3 heterocycles. The summed E-state index contributed by atoms with van der Waals surface area (Å²) in [4.78, 5) is 37.8. The number of thioether (sulfide) groups is 1. The smallest absolute Gasteiger partial charge is 0.324 e. The van der Waals surface area contributed by atoms with Crippen LogP contribution in [0.2, 0.25) is 0 Å². The molecule has 2 aliphatic rings. The van der Waals surface area contributed by atoms with Gasteiger partial charge in [-0.15, -0.1) is 11.8 Å². The van der Waals surface area contributed by atoms with Gasteiger partial charge in [-0.05, 0) is 46.3 Å². The number of hydrogen-bond donors (Lipinski definition) is 2. The van der Waals surface area contributed by atoms with Crippen molar-refractivity contribution < 1.29 is 9.59 Å². The van der Waals surface area contributed by atoms with Crippen molar-refractivity contribution in [3.8, 4) is 0 Å². The minimum atomic E-state index is -0.162. The van der Waals surface area contributed by atoms with E-state index in [4.69, 9.17) is 0 Å². The number of para-hydroxylation sites is 1. The van der Waals surface area contributed by atoms with Crippen LogP contribution in [0.25, 0.3) is 0 Å². The van der Waals surface area contributed by atoms with Crippen molar-refractivity contribution in [2.24, 2.45) is 0 Å². The molecule has 0 saturated carbocycles. The molecule has 0 aliphatic carbocycles. The number of anilines is 5. The molecule has 8 nitrogen and oxygen atoms in total. The molecular formula is C21H17BrN6O2S. The van der Waals surface area contributed by atoms with E-state index >= 15 is 0 Å². The highest BCUT2D eigenvalue weighted by Gasteiger charge is 2.31. The summed E-state index contributed by atoms with van der Waals surface area (Å²) in [7, 11) is 1.71. The molecule has 3 aromatic rings. The second kappa shape index (κ2) is 7.86. The summed E-state index contributed by atoms with van der Waals surface area (Å²) in [6, 6.07) is 13.1. The Morgan fingerprint density at radius 1 is 1.19 bits per heavy atom. The third-order valence-electron chi connectivity index (χ3n) is 5.02. The van der Waals surface area contributed by atoms with Crippen LogP contribution in [0.4, 0.5) is 33.6 Å². The van der Waals surface area contributed by atoms with Gasteiger partial charge < -0.3 is 10.6 Å². The third-order valence-corrected chi connectivity index (χ3v) is 6.75. The van der Waals surface area contributed by atoms with Crippen molar-refractivity contribution in [1.29, 1.82) is 0 Å². The second-order valence-corrected chi connectivity index (χ2v) is 8.97. The Morgan fingerprint density at radius 2 is 2.03 bits per heavy atom. The molecule has 31 heavy (non-hydrogen) atoms. The topological polar surface area (TPSA) is 90.5 Å². The minimum Gasteiger partial charge on any atom is -0.324 e. The van der Waals surface area contributed by atoms with Crippen molar-refractivity contribution in [3.05, 3.63) is 58.7 Å². The van der Waals surface area contributed by atoms with Crippen molar-refractivity contribution in [2.75, 3.05) is 33.2 Å². The van der Waals surface area contributed by atoms with E-state index in [0.717, 1.165) is 32.0 Å². The molecule has 2 aliphatic heterocycles. The highest BCUT2D eigenvalue weighted by Crippen LogP contribution is 2.36. The van der Waals surface area contributed by atoms with Gasteiger partial charge in [0.15, 0.2) is 0 Å². The van der Waals surface area contributed by atoms with Gasteiger partial charge in [0.2, 0.25) is 11.9 Å². The van der Waals surface area contributed by atoms with Crippen molar-refractivity contribution in [3.63, 3.8) is 0 Å². The van der Waals surface area contributed by atoms with Gasteiger partial charge in [0.1, 0.15) is 5.82 Å². The summed E-state index contributed by atoms with van der Waals surface area (Å²) in [6.45, 7) is 0.385. The number of carbonyl (C=O) groups excluding carboxylic acids is 2. The number of carbonyl (C=O) groups is 2. The van der Waals surface area contributed by atoms with E-state index in [1.165, 1.54) is 16.7 Å². The number of benzene rings is 2. The molecular weight excluding hydrogens is 480 g/mol. The van der Waals surface area contributed by atoms with Gasteiger partial charge in [0, 0.05) is 33.9 Å². The fourth-order valence-electron chi connectivity index (χ4n) is 3.51. The fourth-order valence-corrected chi connectivity index (χ4v) is 4.85. The summed E-state index contributed by atoms with van der Waals surface area (Å²) >= 11 is 5.01. The van der Waals surface area contributed by atoms with E-state index in [2.05, 4.69) is 36.5 Å². The minimum absolute atomic E-state index is 0.000473. The van der Waals surface area contributed by atoms with E-state index in [1.54, 1.807) is 18.1 Å². The van der Waals surface area contributed by atoms with Gasteiger partial charge in [-0.3, -0.25) is 14.6 Å². The molecule has 156 valence electrons. The Kier molecular flexibility index (Phi) is 5.03. The molecule has 0 fully saturated rings. The summed E-state index contributed by atoms with van der Waals surface area (Å²) in [5, 5.41) is 6.05. The number of fused-ring (bicyclic) bond motifs is 2. The van der Waals surface area contributed by atoms with E-state index in [0.29, 0.717) is 24.1 Å². The molecule has 10 heteroatoms. The molecule has 2 aromatic carbocycles. The zero-order chi connectivity index (χ0) is 21.5. The summed E-state index contributed by atoms with van der Waals surface area (Å²) in [6.07, 6.45) is 1.74. The molecule has 0 unspecified atom stereocenters. The van der Waals surface area contributed by atoms with E-state index < -0.39 is 0 Å². The van der Waals surface area contributed by atoms with Gasteiger partial charge in [-0.2, -0.15) is 4.98 Å². The molecule has 0 bridgehead atoms. The Balaban J connectivity index is 1.41. The highest BCUT2D eigenvalue weighted by atomic mass is 79.9. The number of nitrogens with zero attached hydrogens (tertiary/aromatic N) is 4. The second-order valence-electron chi connectivity index (χ2n) is 7.09. The summed E-state index contributed by atoms with van der Waals surface area (Å²) in [5.41, 5.74) is 3.26. The number of amides is 3. The first-order valence-corrected chi connectivity index (χ1v) is 11.3. The van der Waals surface area contributed by atoms with Gasteiger partial charge >= 0.3 is 6.03 Å². The fraction of sp³-hybridized carbons (Fsp3) is 0.143. The molecule has 0 radical (unpaired) electrons. The lowest BCUT2D eigenvalue weighted by molar-refractivity contribution is -0.113. The Labute approximate surface area is 191 Å². The number of urea groups is 1. The number of halogens is 1. The molecule has 2 N–H and O–H groups in total. The monoisotopic (exact) mass is 496 g/mol. The van der Waals surface area contributed by atoms with Crippen LogP contribution in [0.5, 0.6) is 0 Å². The molecule has 3 amide bonds. The van der Waals surface area contributed by atoms with Crippen molar-refractivity contribution >= 4 is 68.5 Å². The average molecular weight is 497 g/mol. The lowest BCUT2D eigenvalue weighted by atomic mass is 10.2. The number of nitrogens with one attached hydrogen (secondary N) is 2. The molecule has 0 atom stereocenters. The maximum Gasteiger partial charge on any atom is 0.330 e. The maximum absolute atomic E-state index is 13.0. The van der Waals surface area contributed by atoms with Gasteiger partial charge in [0.25, 0.3) is 0 Å². The zero-order valence-electron chi connectivity index (χ0n) is 16.4. The third kappa shape index (κ3) is 3.72. The normalized spacial score (nSPS) is 15.3. The lowest BCUT2D eigenvalue weighted by Gasteiger charge is -2.34. The van der Waals surface area contributed by atoms with Crippen LogP contribution in [-0.2, 0) is 11.3 Å². The zero-order valence-corrected chi connectivity index (χ0v) is 18.8. The molecule has 5 rings (SSSR count). The summed E-state index contributed by atoms with van der Waals surface area (Å²) in [5.74, 6) is 1.37. The van der Waals surface area contributed by atoms with Crippen LogP contribution in [0.15, 0.2) is 58.0 Å². The number of hydrogen-bond acceptors (Lipinski definition) is 6. The number of aromatic nitrogens is 2. The van der Waals surface area contributed by atoms with Crippen molar-refractivity contribution in [2.45, 2.75) is 11.4 Å². The van der Waals surface area contributed by atoms with E-state index in [9.17, 15) is 9.59 Å². The van der Waals surface area contributed by atoms with Crippen LogP contribution in [0, 0.1) is 0 Å². The van der Waals surface area contributed by atoms with Crippen LogP contribution >= 0.6 is 27.7 Å². The van der Waals surface area contributed by atoms with Crippen LogP contribution in [-0.4, -0.2) is 34.7 Å². The maximum atomic E-state index is 13.0. The Hall–Kier alpha value is -3.11. The first kappa shape index (κ1) is 19.8. The quantitative estimate of drug-likeness (QED) is 0.550. The molecule has 0 spiro atoms. The summed E-state index contributed by atoms with van der Waals surface area (Å²) < 4.78 is 0.848. The molecule has 1 aromatic heterocycles. The van der Waals surface area contributed by atoms with E-state index in [-0.39, 0.29) is 11.9 Å². The first-order chi connectivity index (χ1) is 15.0. The van der Waals surface area contributed by atoms with Crippen molar-refractivity contribution in [1.82, 2.24) is 9.97 Å². The van der Waals surface area contributed by atoms with Gasteiger partial charge in [-0.1, -0.05) is 12.1 Å². The predicted molar refractivity (Wildman–Crippen MR) is 125 cm³/mol. The number of rotatable bonds is 3. The van der Waals surface area contributed by atoms with Crippen LogP contribution < -0.4 is 20.4 Å². The highest BCUT2D eigenvalue weighted by molar-refractivity contribution is 9.10. The molecule has 0 saturated heterocycles. The lowest BCUT2D eigenvalue weighted by Crippen LogP contribution is -2.46. The largest absolute Gasteiger partial charge is 0.330 e. The van der Waals surface area contributed by atoms with Gasteiger partial charge in [0.05, 0.1) is 23.7 Å².